The van der Waals surface area contributed by atoms with Crippen molar-refractivity contribution in [2.24, 2.45) is 0 Å². The molecule has 0 aromatic heterocycles. The van der Waals surface area contributed by atoms with Crippen LogP contribution in [-0.2, 0) is 0 Å². The van der Waals surface area contributed by atoms with Crippen molar-refractivity contribution in [1.29, 1.82) is 0 Å². The Morgan fingerprint density at radius 2 is 1.00 bits per heavy atom. The first-order valence-electron chi connectivity index (χ1n) is 6.67. The molecule has 0 spiro atoms. The zero-order valence-corrected chi connectivity index (χ0v) is 12.3. The van der Waals surface area contributed by atoms with Gasteiger partial charge in [0.2, 0.25) is 0 Å². The molecule has 0 radical (unpaired) electrons. The predicted molar refractivity (Wildman–Crippen MR) is 81.9 cm³/mol. The Bertz CT molecular complexity index is 692. The second kappa shape index (κ2) is 5.83. The number of hydrogen-bond donors (Lipinski definition) is 0. The monoisotopic (exact) mass is 280 g/mol. The summed E-state index contributed by atoms with van der Waals surface area (Å²) >= 11 is 0. The van der Waals surface area contributed by atoms with E-state index in [9.17, 15) is 14.4 Å². The molecule has 0 aliphatic carbocycles. The lowest BCUT2D eigenvalue weighted by atomic mass is 9.96. The molecule has 0 N–H and O–H groups in total. The van der Waals surface area contributed by atoms with Gasteiger partial charge in [0.25, 0.3) is 0 Å². The fourth-order valence-corrected chi connectivity index (χ4v) is 2.10. The Morgan fingerprint density at radius 3 is 1.38 bits per heavy atom. The second-order valence-corrected chi connectivity index (χ2v) is 5.04. The van der Waals surface area contributed by atoms with Gasteiger partial charge in [-0.1, -0.05) is 24.3 Å². The van der Waals surface area contributed by atoms with Crippen LogP contribution < -0.4 is 0 Å². The molecule has 0 fully saturated rings. The fourth-order valence-electron chi connectivity index (χ4n) is 2.10. The Kier molecular flexibility index (Phi) is 4.13. The maximum Gasteiger partial charge on any atom is 0.159 e. The first-order chi connectivity index (χ1) is 9.88. The predicted octanol–water partition coefficient (Wildman–Crippen LogP) is 3.96. The van der Waals surface area contributed by atoms with Gasteiger partial charge in [-0.15, -0.1) is 0 Å². The molecule has 0 heterocycles. The highest BCUT2D eigenvalue weighted by Gasteiger charge is 2.09. The molecular weight excluding hydrogens is 264 g/mol. The number of hydrogen-bond acceptors (Lipinski definition) is 3. The standard InChI is InChI=1S/C18H16O3/c1-11(19)14-4-6-15(7-5-14)18-9-16(12(2)20)8-17(10-18)13(3)21/h4-10H,1-3H3. The Morgan fingerprint density at radius 1 is 0.571 bits per heavy atom. The van der Waals surface area contributed by atoms with E-state index in [1.54, 1.807) is 30.3 Å². The van der Waals surface area contributed by atoms with Gasteiger partial charge in [0.05, 0.1) is 0 Å². The van der Waals surface area contributed by atoms with E-state index in [2.05, 4.69) is 0 Å². The Hall–Kier alpha value is -2.55. The van der Waals surface area contributed by atoms with Crippen LogP contribution >= 0.6 is 0 Å². The van der Waals surface area contributed by atoms with Gasteiger partial charge in [-0.2, -0.15) is 0 Å². The average Bonchev–Trinajstić information content (AvgIpc) is 2.46. The van der Waals surface area contributed by atoms with E-state index in [-0.39, 0.29) is 17.3 Å². The Balaban J connectivity index is 2.54. The zero-order valence-electron chi connectivity index (χ0n) is 12.3. The first-order valence-corrected chi connectivity index (χ1v) is 6.67. The first kappa shape index (κ1) is 14.9. The molecule has 3 heteroatoms. The molecule has 2 rings (SSSR count). The van der Waals surface area contributed by atoms with Crippen molar-refractivity contribution in [3.05, 3.63) is 59.2 Å². The SMILES string of the molecule is CC(=O)c1ccc(-c2cc(C(C)=O)cc(C(C)=O)c2)cc1. The second-order valence-electron chi connectivity index (χ2n) is 5.04. The summed E-state index contributed by atoms with van der Waals surface area (Å²) in [5.74, 6) is -0.164. The molecule has 0 amide bonds. The summed E-state index contributed by atoms with van der Waals surface area (Å²) in [7, 11) is 0. The van der Waals surface area contributed by atoms with Crippen molar-refractivity contribution in [2.45, 2.75) is 20.8 Å². The van der Waals surface area contributed by atoms with Gasteiger partial charge in [0, 0.05) is 16.7 Å². The normalized spacial score (nSPS) is 10.2. The minimum Gasteiger partial charge on any atom is -0.295 e. The third-order valence-corrected chi connectivity index (χ3v) is 3.37. The van der Waals surface area contributed by atoms with Crippen LogP contribution in [0, 0.1) is 0 Å². The molecule has 0 saturated carbocycles. The van der Waals surface area contributed by atoms with Crippen molar-refractivity contribution < 1.29 is 14.4 Å². The molecule has 3 nitrogen and oxygen atoms in total. The van der Waals surface area contributed by atoms with Crippen LogP contribution in [0.1, 0.15) is 51.8 Å². The Labute approximate surface area is 123 Å². The van der Waals surface area contributed by atoms with Gasteiger partial charge in [-0.05, 0) is 50.1 Å². The lowest BCUT2D eigenvalue weighted by Crippen LogP contribution is -1.99. The van der Waals surface area contributed by atoms with Crippen molar-refractivity contribution in [2.75, 3.05) is 0 Å². The number of rotatable bonds is 4. The van der Waals surface area contributed by atoms with Gasteiger partial charge in [-0.3, -0.25) is 14.4 Å². The quantitative estimate of drug-likeness (QED) is 0.796. The highest BCUT2D eigenvalue weighted by molar-refractivity contribution is 6.01. The van der Waals surface area contributed by atoms with Crippen molar-refractivity contribution in [3.8, 4) is 11.1 Å². The van der Waals surface area contributed by atoms with Crippen molar-refractivity contribution in [1.82, 2.24) is 0 Å². The lowest BCUT2D eigenvalue weighted by Gasteiger charge is -2.07. The minimum atomic E-state index is -0.0836. The highest BCUT2D eigenvalue weighted by Crippen LogP contribution is 2.24. The van der Waals surface area contributed by atoms with Crippen LogP contribution in [0.15, 0.2) is 42.5 Å². The summed E-state index contributed by atoms with van der Waals surface area (Å²) in [5.41, 5.74) is 3.31. The largest absolute Gasteiger partial charge is 0.295 e. The van der Waals surface area contributed by atoms with E-state index in [4.69, 9.17) is 0 Å². The molecule has 21 heavy (non-hydrogen) atoms. The summed E-state index contributed by atoms with van der Waals surface area (Å²) < 4.78 is 0. The number of carbonyl (C=O) groups is 3. The number of benzene rings is 2. The molecule has 0 aliphatic rings. The maximum absolute atomic E-state index is 11.6. The molecule has 0 saturated heterocycles. The van der Waals surface area contributed by atoms with Gasteiger partial charge in [0.1, 0.15) is 0 Å². The molecular formula is C18H16O3. The molecule has 2 aromatic carbocycles. The smallest absolute Gasteiger partial charge is 0.159 e. The molecule has 0 bridgehead atoms. The third-order valence-electron chi connectivity index (χ3n) is 3.37. The lowest BCUT2D eigenvalue weighted by molar-refractivity contribution is 0.100. The summed E-state index contributed by atoms with van der Waals surface area (Å²) in [5, 5.41) is 0. The number of ketones is 3. The van der Waals surface area contributed by atoms with Crippen molar-refractivity contribution >= 4 is 17.3 Å². The topological polar surface area (TPSA) is 51.2 Å². The van der Waals surface area contributed by atoms with Crippen molar-refractivity contribution in [3.63, 3.8) is 0 Å². The van der Waals surface area contributed by atoms with Gasteiger partial charge in [0.15, 0.2) is 17.3 Å². The van der Waals surface area contributed by atoms with Gasteiger partial charge >= 0.3 is 0 Å². The molecule has 0 atom stereocenters. The van der Waals surface area contributed by atoms with E-state index < -0.39 is 0 Å². The third kappa shape index (κ3) is 3.31. The summed E-state index contributed by atoms with van der Waals surface area (Å²) in [6.45, 7) is 4.46. The van der Waals surface area contributed by atoms with Gasteiger partial charge < -0.3 is 0 Å². The zero-order chi connectivity index (χ0) is 15.6. The van der Waals surface area contributed by atoms with Crippen LogP contribution in [0.3, 0.4) is 0 Å². The summed E-state index contributed by atoms with van der Waals surface area (Å²) in [4.78, 5) is 34.5. The van der Waals surface area contributed by atoms with Gasteiger partial charge in [-0.25, -0.2) is 0 Å². The van der Waals surface area contributed by atoms with E-state index in [1.165, 1.54) is 20.8 Å². The average molecular weight is 280 g/mol. The van der Waals surface area contributed by atoms with E-state index in [1.807, 2.05) is 12.1 Å². The number of carbonyl (C=O) groups excluding carboxylic acids is 3. The van der Waals surface area contributed by atoms with E-state index in [0.717, 1.165) is 11.1 Å². The molecule has 2 aromatic rings. The van der Waals surface area contributed by atoms with Crippen LogP contribution in [0.2, 0.25) is 0 Å². The highest BCUT2D eigenvalue weighted by atomic mass is 16.1. The minimum absolute atomic E-state index is 0.00321. The van der Waals surface area contributed by atoms with E-state index in [0.29, 0.717) is 16.7 Å². The van der Waals surface area contributed by atoms with Crippen LogP contribution in [-0.4, -0.2) is 17.3 Å². The molecule has 0 aliphatic heterocycles. The van der Waals surface area contributed by atoms with Crippen LogP contribution in [0.25, 0.3) is 11.1 Å². The van der Waals surface area contributed by atoms with Crippen LogP contribution in [0.5, 0.6) is 0 Å². The van der Waals surface area contributed by atoms with E-state index >= 15 is 0 Å². The van der Waals surface area contributed by atoms with Crippen LogP contribution in [0.4, 0.5) is 0 Å². The summed E-state index contributed by atoms with van der Waals surface area (Å²) in [6, 6.07) is 12.3. The fraction of sp³-hybridized carbons (Fsp3) is 0.167. The number of Topliss-reactive ketones (excluding diaryl/α,β-unsaturated/α-hetero) is 3. The maximum atomic E-state index is 11.6. The summed E-state index contributed by atoms with van der Waals surface area (Å²) in [6.07, 6.45) is 0. The molecule has 0 unspecified atom stereocenters. The molecule has 106 valence electrons.